The van der Waals surface area contributed by atoms with Crippen molar-refractivity contribution in [1.29, 1.82) is 0 Å². The van der Waals surface area contributed by atoms with E-state index >= 15 is 0 Å². The van der Waals surface area contributed by atoms with Gasteiger partial charge < -0.3 is 14.8 Å². The standard InChI is InChI=1S/C13H16N2O2/c1-3-6-14-8-11-10-7-9(17-2)4-5-12(10)15-13(11)16/h4-5,7-8,15-16H,3,6H2,1-2H3. The van der Waals surface area contributed by atoms with Gasteiger partial charge in [0, 0.05) is 23.7 Å². The molecule has 2 rings (SSSR count). The number of methoxy groups -OCH3 is 1. The second-order valence-electron chi connectivity index (χ2n) is 3.83. The van der Waals surface area contributed by atoms with E-state index in [0.29, 0.717) is 5.56 Å². The van der Waals surface area contributed by atoms with Crippen LogP contribution in [0.4, 0.5) is 0 Å². The fourth-order valence-corrected chi connectivity index (χ4v) is 1.72. The molecular weight excluding hydrogens is 216 g/mol. The third-order valence-corrected chi connectivity index (χ3v) is 2.60. The summed E-state index contributed by atoms with van der Waals surface area (Å²) in [6.07, 6.45) is 2.69. The highest BCUT2D eigenvalue weighted by Gasteiger charge is 2.09. The summed E-state index contributed by atoms with van der Waals surface area (Å²) in [5.74, 6) is 0.912. The van der Waals surface area contributed by atoms with Gasteiger partial charge in [-0.05, 0) is 24.6 Å². The number of nitrogens with zero attached hydrogens (tertiary/aromatic N) is 1. The first-order chi connectivity index (χ1) is 8.26. The monoisotopic (exact) mass is 232 g/mol. The lowest BCUT2D eigenvalue weighted by molar-refractivity contribution is 0.415. The Kier molecular flexibility index (Phi) is 3.32. The third-order valence-electron chi connectivity index (χ3n) is 2.60. The van der Waals surface area contributed by atoms with Crippen LogP contribution in [-0.2, 0) is 0 Å². The molecule has 0 aliphatic heterocycles. The molecule has 2 N–H and O–H groups in total. The number of H-pyrrole nitrogens is 1. The topological polar surface area (TPSA) is 57.6 Å². The zero-order valence-corrected chi connectivity index (χ0v) is 10.0. The number of nitrogens with one attached hydrogen (secondary N) is 1. The van der Waals surface area contributed by atoms with Gasteiger partial charge in [0.05, 0.1) is 12.7 Å². The lowest BCUT2D eigenvalue weighted by Gasteiger charge is -1.99. The molecule has 4 nitrogen and oxygen atoms in total. The number of ether oxygens (including phenoxy) is 1. The number of hydrogen-bond donors (Lipinski definition) is 2. The van der Waals surface area contributed by atoms with Gasteiger partial charge in [-0.25, -0.2) is 0 Å². The molecule has 0 saturated carbocycles. The zero-order valence-electron chi connectivity index (χ0n) is 10.0. The van der Waals surface area contributed by atoms with Crippen LogP contribution in [0.3, 0.4) is 0 Å². The van der Waals surface area contributed by atoms with Crippen LogP contribution in [0.25, 0.3) is 10.9 Å². The Morgan fingerprint density at radius 1 is 1.47 bits per heavy atom. The van der Waals surface area contributed by atoms with E-state index in [1.54, 1.807) is 13.3 Å². The number of rotatable bonds is 4. The molecular formula is C13H16N2O2. The number of benzene rings is 1. The second-order valence-corrected chi connectivity index (χ2v) is 3.83. The molecule has 1 aromatic heterocycles. The fourth-order valence-electron chi connectivity index (χ4n) is 1.72. The molecule has 0 unspecified atom stereocenters. The average Bonchev–Trinajstić information content (AvgIpc) is 2.65. The molecule has 0 saturated heterocycles. The van der Waals surface area contributed by atoms with E-state index in [-0.39, 0.29) is 5.88 Å². The van der Waals surface area contributed by atoms with Crippen molar-refractivity contribution in [3.05, 3.63) is 23.8 Å². The smallest absolute Gasteiger partial charge is 0.198 e. The maximum absolute atomic E-state index is 9.81. The van der Waals surface area contributed by atoms with Crippen LogP contribution in [0.1, 0.15) is 18.9 Å². The van der Waals surface area contributed by atoms with Gasteiger partial charge in [0.2, 0.25) is 0 Å². The molecule has 1 heterocycles. The molecule has 90 valence electrons. The van der Waals surface area contributed by atoms with Crippen molar-refractivity contribution >= 4 is 17.1 Å². The lowest BCUT2D eigenvalue weighted by atomic mass is 10.2. The van der Waals surface area contributed by atoms with Crippen LogP contribution in [0.5, 0.6) is 11.6 Å². The largest absolute Gasteiger partial charge is 0.497 e. The summed E-state index contributed by atoms with van der Waals surface area (Å²) in [4.78, 5) is 7.17. The summed E-state index contributed by atoms with van der Waals surface area (Å²) < 4.78 is 5.17. The van der Waals surface area contributed by atoms with E-state index in [0.717, 1.165) is 29.6 Å². The quantitative estimate of drug-likeness (QED) is 0.796. The predicted molar refractivity (Wildman–Crippen MR) is 69.3 cm³/mol. The predicted octanol–water partition coefficient (Wildman–Crippen LogP) is 2.71. The highest BCUT2D eigenvalue weighted by atomic mass is 16.5. The summed E-state index contributed by atoms with van der Waals surface area (Å²) in [7, 11) is 1.62. The van der Waals surface area contributed by atoms with Crippen molar-refractivity contribution in [2.75, 3.05) is 13.7 Å². The SMILES string of the molecule is CCCN=Cc1c(O)[nH]c2ccc(OC)cc12. The van der Waals surface area contributed by atoms with Gasteiger partial charge in [-0.3, -0.25) is 4.99 Å². The maximum atomic E-state index is 9.81. The minimum atomic E-state index is 0.146. The third kappa shape index (κ3) is 2.25. The molecule has 0 spiro atoms. The minimum absolute atomic E-state index is 0.146. The van der Waals surface area contributed by atoms with Crippen LogP contribution in [0.15, 0.2) is 23.2 Å². The normalized spacial score (nSPS) is 11.4. The van der Waals surface area contributed by atoms with Gasteiger partial charge in [0.25, 0.3) is 0 Å². The van der Waals surface area contributed by atoms with E-state index in [1.165, 1.54) is 0 Å². The molecule has 0 bridgehead atoms. The molecule has 4 heteroatoms. The van der Waals surface area contributed by atoms with Gasteiger partial charge in [0.1, 0.15) is 5.75 Å². The number of fused-ring (bicyclic) bond motifs is 1. The highest BCUT2D eigenvalue weighted by molar-refractivity contribution is 6.02. The van der Waals surface area contributed by atoms with Crippen molar-refractivity contribution < 1.29 is 9.84 Å². The Balaban J connectivity index is 2.48. The summed E-state index contributed by atoms with van der Waals surface area (Å²) in [6, 6.07) is 5.62. The van der Waals surface area contributed by atoms with Crippen molar-refractivity contribution in [3.8, 4) is 11.6 Å². The first-order valence-electron chi connectivity index (χ1n) is 5.64. The molecule has 0 atom stereocenters. The molecule has 1 aromatic carbocycles. The molecule has 17 heavy (non-hydrogen) atoms. The Morgan fingerprint density at radius 2 is 2.29 bits per heavy atom. The Labute approximate surface area is 100.0 Å². The summed E-state index contributed by atoms with van der Waals surface area (Å²) in [5, 5.41) is 10.7. The molecule has 2 aromatic rings. The van der Waals surface area contributed by atoms with E-state index in [4.69, 9.17) is 4.74 Å². The number of aromatic hydroxyl groups is 1. The van der Waals surface area contributed by atoms with Gasteiger partial charge in [-0.2, -0.15) is 0 Å². The van der Waals surface area contributed by atoms with E-state index in [1.807, 2.05) is 18.2 Å². The van der Waals surface area contributed by atoms with Gasteiger partial charge >= 0.3 is 0 Å². The maximum Gasteiger partial charge on any atom is 0.198 e. The van der Waals surface area contributed by atoms with Crippen LogP contribution in [0.2, 0.25) is 0 Å². The number of aromatic amines is 1. The van der Waals surface area contributed by atoms with Crippen LogP contribution < -0.4 is 4.74 Å². The Morgan fingerprint density at radius 3 is 3.00 bits per heavy atom. The van der Waals surface area contributed by atoms with Gasteiger partial charge in [-0.15, -0.1) is 0 Å². The van der Waals surface area contributed by atoms with Gasteiger partial charge in [-0.1, -0.05) is 6.92 Å². The van der Waals surface area contributed by atoms with Crippen LogP contribution in [0, 0.1) is 0 Å². The average molecular weight is 232 g/mol. The number of aromatic nitrogens is 1. The van der Waals surface area contributed by atoms with Crippen LogP contribution >= 0.6 is 0 Å². The fraction of sp³-hybridized carbons (Fsp3) is 0.308. The molecule has 0 aliphatic carbocycles. The molecule has 0 fully saturated rings. The summed E-state index contributed by atoms with van der Waals surface area (Å²) >= 11 is 0. The van der Waals surface area contributed by atoms with Crippen molar-refractivity contribution in [3.63, 3.8) is 0 Å². The molecule has 0 amide bonds. The Hall–Kier alpha value is -1.97. The van der Waals surface area contributed by atoms with Crippen molar-refractivity contribution in [2.45, 2.75) is 13.3 Å². The molecule has 0 radical (unpaired) electrons. The Bertz CT molecular complexity index is 544. The number of hydrogen-bond acceptors (Lipinski definition) is 3. The first-order valence-corrected chi connectivity index (χ1v) is 5.64. The van der Waals surface area contributed by atoms with Crippen LogP contribution in [-0.4, -0.2) is 30.0 Å². The van der Waals surface area contributed by atoms with E-state index in [9.17, 15) is 5.11 Å². The number of aliphatic imine (C=N–C) groups is 1. The van der Waals surface area contributed by atoms with Gasteiger partial charge in [0.15, 0.2) is 5.88 Å². The first kappa shape index (κ1) is 11.5. The van der Waals surface area contributed by atoms with E-state index in [2.05, 4.69) is 16.9 Å². The minimum Gasteiger partial charge on any atom is -0.497 e. The lowest BCUT2D eigenvalue weighted by Crippen LogP contribution is -1.84. The highest BCUT2D eigenvalue weighted by Crippen LogP contribution is 2.28. The van der Waals surface area contributed by atoms with Crippen molar-refractivity contribution in [1.82, 2.24) is 4.98 Å². The second kappa shape index (κ2) is 4.91. The summed E-state index contributed by atoms with van der Waals surface area (Å²) in [6.45, 7) is 2.82. The van der Waals surface area contributed by atoms with Crippen molar-refractivity contribution in [2.24, 2.45) is 4.99 Å². The van der Waals surface area contributed by atoms with E-state index < -0.39 is 0 Å². The summed E-state index contributed by atoms with van der Waals surface area (Å²) in [5.41, 5.74) is 1.59. The zero-order chi connectivity index (χ0) is 12.3. The molecule has 0 aliphatic rings.